The van der Waals surface area contributed by atoms with Crippen LogP contribution < -0.4 is 10.6 Å². The van der Waals surface area contributed by atoms with Crippen molar-refractivity contribution >= 4 is 30.1 Å². The van der Waals surface area contributed by atoms with Crippen LogP contribution in [-0.4, -0.2) is 48.3 Å². The van der Waals surface area contributed by atoms with Gasteiger partial charge in [0.25, 0.3) is 11.8 Å². The van der Waals surface area contributed by atoms with Crippen molar-refractivity contribution in [2.75, 3.05) is 19.6 Å². The highest BCUT2D eigenvalue weighted by atomic mass is 35.5. The van der Waals surface area contributed by atoms with Gasteiger partial charge in [-0.2, -0.15) is 0 Å². The molecule has 3 rings (SSSR count). The monoisotopic (exact) mass is 337 g/mol. The molecule has 2 atom stereocenters. The molecule has 7 heteroatoms. The van der Waals surface area contributed by atoms with E-state index >= 15 is 0 Å². The Morgan fingerprint density at radius 1 is 1.26 bits per heavy atom. The first kappa shape index (κ1) is 17.4. The van der Waals surface area contributed by atoms with E-state index in [2.05, 4.69) is 17.6 Å². The summed E-state index contributed by atoms with van der Waals surface area (Å²) in [6.45, 7) is 3.57. The maximum absolute atomic E-state index is 12.2. The Hall–Kier alpha value is -1.92. The third-order valence-corrected chi connectivity index (χ3v) is 4.31. The van der Waals surface area contributed by atoms with E-state index in [1.54, 1.807) is 24.3 Å². The quantitative estimate of drug-likeness (QED) is 0.800. The highest BCUT2D eigenvalue weighted by Crippen LogP contribution is 2.22. The average Bonchev–Trinajstić information content (AvgIpc) is 2.75. The number of hydrogen-bond acceptors (Lipinski definition) is 4. The number of fused-ring (bicyclic) bond motifs is 1. The van der Waals surface area contributed by atoms with Crippen molar-refractivity contribution in [3.8, 4) is 0 Å². The fourth-order valence-electron chi connectivity index (χ4n) is 3.01. The zero-order chi connectivity index (χ0) is 15.7. The van der Waals surface area contributed by atoms with Crippen molar-refractivity contribution in [3.63, 3.8) is 0 Å². The Bertz CT molecular complexity index is 600. The first-order valence-electron chi connectivity index (χ1n) is 7.53. The molecule has 0 aromatic heterocycles. The van der Waals surface area contributed by atoms with E-state index in [9.17, 15) is 14.4 Å². The molecule has 0 spiro atoms. The summed E-state index contributed by atoms with van der Waals surface area (Å²) in [6, 6.07) is 6.74. The summed E-state index contributed by atoms with van der Waals surface area (Å²) in [4.78, 5) is 37.6. The van der Waals surface area contributed by atoms with Gasteiger partial charge in [-0.15, -0.1) is 12.4 Å². The number of amides is 3. The lowest BCUT2D eigenvalue weighted by Crippen LogP contribution is -2.51. The molecule has 1 aromatic carbocycles. The fraction of sp³-hybridized carbons (Fsp3) is 0.438. The van der Waals surface area contributed by atoms with Crippen molar-refractivity contribution < 1.29 is 14.4 Å². The van der Waals surface area contributed by atoms with Crippen LogP contribution >= 0.6 is 12.4 Å². The Morgan fingerprint density at radius 3 is 2.43 bits per heavy atom. The van der Waals surface area contributed by atoms with Gasteiger partial charge in [0.05, 0.1) is 11.1 Å². The van der Waals surface area contributed by atoms with Crippen molar-refractivity contribution in [3.05, 3.63) is 35.4 Å². The van der Waals surface area contributed by atoms with E-state index in [0.717, 1.165) is 24.4 Å². The predicted molar refractivity (Wildman–Crippen MR) is 87.6 cm³/mol. The molecule has 0 aliphatic carbocycles. The summed E-state index contributed by atoms with van der Waals surface area (Å²) in [7, 11) is 0. The Balaban J connectivity index is 0.00000192. The van der Waals surface area contributed by atoms with Gasteiger partial charge in [0.2, 0.25) is 5.91 Å². The summed E-state index contributed by atoms with van der Waals surface area (Å²) in [5.41, 5.74) is 0.742. The number of benzene rings is 1. The van der Waals surface area contributed by atoms with Crippen LogP contribution in [0.5, 0.6) is 0 Å². The zero-order valence-electron chi connectivity index (χ0n) is 12.9. The number of carbonyl (C=O) groups excluding carboxylic acids is 3. The summed E-state index contributed by atoms with van der Waals surface area (Å²) >= 11 is 0. The molecule has 1 saturated heterocycles. The summed E-state index contributed by atoms with van der Waals surface area (Å²) in [5, 5.41) is 6.21. The molecule has 0 saturated carbocycles. The van der Waals surface area contributed by atoms with E-state index < -0.39 is 11.8 Å². The maximum Gasteiger partial charge on any atom is 0.262 e. The topological polar surface area (TPSA) is 78.5 Å². The third kappa shape index (κ3) is 3.38. The highest BCUT2D eigenvalue weighted by molar-refractivity contribution is 6.22. The van der Waals surface area contributed by atoms with Gasteiger partial charge in [0, 0.05) is 6.04 Å². The maximum atomic E-state index is 12.2. The van der Waals surface area contributed by atoms with Gasteiger partial charge in [0.1, 0.15) is 6.54 Å². The average molecular weight is 338 g/mol. The van der Waals surface area contributed by atoms with Crippen molar-refractivity contribution in [2.45, 2.75) is 19.4 Å². The van der Waals surface area contributed by atoms with Gasteiger partial charge < -0.3 is 10.6 Å². The largest absolute Gasteiger partial charge is 0.351 e. The number of halogens is 1. The normalized spacial score (nSPS) is 23.3. The number of piperidine rings is 1. The molecule has 0 bridgehead atoms. The number of rotatable bonds is 3. The molecule has 2 aliphatic heterocycles. The lowest BCUT2D eigenvalue weighted by Gasteiger charge is -2.30. The van der Waals surface area contributed by atoms with Gasteiger partial charge in [-0.1, -0.05) is 19.1 Å². The summed E-state index contributed by atoms with van der Waals surface area (Å²) < 4.78 is 0. The Labute approximate surface area is 141 Å². The van der Waals surface area contributed by atoms with Gasteiger partial charge in [-0.05, 0) is 37.6 Å². The molecule has 124 valence electrons. The van der Waals surface area contributed by atoms with Crippen LogP contribution in [0.1, 0.15) is 34.1 Å². The van der Waals surface area contributed by atoms with Crippen LogP contribution in [0.3, 0.4) is 0 Å². The van der Waals surface area contributed by atoms with Crippen LogP contribution in [0.15, 0.2) is 24.3 Å². The van der Waals surface area contributed by atoms with Crippen LogP contribution in [0.2, 0.25) is 0 Å². The van der Waals surface area contributed by atoms with Crippen LogP contribution in [-0.2, 0) is 4.79 Å². The second-order valence-corrected chi connectivity index (χ2v) is 5.89. The van der Waals surface area contributed by atoms with Crippen molar-refractivity contribution in [1.29, 1.82) is 0 Å². The summed E-state index contributed by atoms with van der Waals surface area (Å²) in [6.07, 6.45) is 0.856. The second kappa shape index (κ2) is 7.10. The lowest BCUT2D eigenvalue weighted by atomic mass is 9.95. The molecule has 2 N–H and O–H groups in total. The smallest absolute Gasteiger partial charge is 0.262 e. The Kier molecular flexibility index (Phi) is 5.38. The van der Waals surface area contributed by atoms with E-state index in [-0.39, 0.29) is 30.9 Å². The van der Waals surface area contributed by atoms with Gasteiger partial charge >= 0.3 is 0 Å². The minimum absolute atomic E-state index is 0. The minimum Gasteiger partial charge on any atom is -0.351 e. The molecule has 3 amide bonds. The second-order valence-electron chi connectivity index (χ2n) is 5.89. The standard InChI is InChI=1S/C16H19N3O3.ClH/c1-10-8-17-7-6-13(10)18-14(20)9-19-15(21)11-4-2-3-5-12(11)16(19)22;/h2-5,10,13,17H,6-9H2,1H3,(H,18,20);1H. The molecule has 2 aliphatic rings. The van der Waals surface area contributed by atoms with Crippen molar-refractivity contribution in [2.24, 2.45) is 5.92 Å². The van der Waals surface area contributed by atoms with Crippen LogP contribution in [0.25, 0.3) is 0 Å². The minimum atomic E-state index is -0.394. The lowest BCUT2D eigenvalue weighted by molar-refractivity contribution is -0.122. The number of hydrogen-bond donors (Lipinski definition) is 2. The molecule has 23 heavy (non-hydrogen) atoms. The Morgan fingerprint density at radius 2 is 1.87 bits per heavy atom. The third-order valence-electron chi connectivity index (χ3n) is 4.31. The van der Waals surface area contributed by atoms with Gasteiger partial charge in [-0.3, -0.25) is 19.3 Å². The highest BCUT2D eigenvalue weighted by Gasteiger charge is 2.36. The molecule has 1 fully saturated rings. The number of carbonyl (C=O) groups is 3. The van der Waals surface area contributed by atoms with E-state index in [1.807, 2.05) is 0 Å². The zero-order valence-corrected chi connectivity index (χ0v) is 13.7. The van der Waals surface area contributed by atoms with E-state index in [0.29, 0.717) is 17.0 Å². The molecule has 6 nitrogen and oxygen atoms in total. The van der Waals surface area contributed by atoms with Crippen LogP contribution in [0, 0.1) is 5.92 Å². The molecular formula is C16H20ClN3O3. The van der Waals surface area contributed by atoms with Crippen molar-refractivity contribution in [1.82, 2.24) is 15.5 Å². The predicted octanol–water partition coefficient (Wildman–Crippen LogP) is 0.819. The van der Waals surface area contributed by atoms with Gasteiger partial charge in [-0.25, -0.2) is 0 Å². The number of imide groups is 1. The van der Waals surface area contributed by atoms with Crippen LogP contribution in [0.4, 0.5) is 0 Å². The first-order chi connectivity index (χ1) is 10.6. The van der Waals surface area contributed by atoms with Gasteiger partial charge in [0.15, 0.2) is 0 Å². The molecular weight excluding hydrogens is 318 g/mol. The molecule has 1 aromatic rings. The SMILES string of the molecule is CC1CNCCC1NC(=O)CN1C(=O)c2ccccc2C1=O.Cl. The van der Waals surface area contributed by atoms with E-state index in [4.69, 9.17) is 0 Å². The molecule has 2 heterocycles. The first-order valence-corrected chi connectivity index (χ1v) is 7.53. The van der Waals surface area contributed by atoms with E-state index in [1.165, 1.54) is 0 Å². The summed E-state index contributed by atoms with van der Waals surface area (Å²) in [5.74, 6) is -0.739. The molecule has 0 radical (unpaired) electrons. The fourth-order valence-corrected chi connectivity index (χ4v) is 3.01. The number of nitrogens with one attached hydrogen (secondary N) is 2. The molecule has 2 unspecified atom stereocenters. The number of nitrogens with zero attached hydrogens (tertiary/aromatic N) is 1.